The molecule has 0 radical (unpaired) electrons. The van der Waals surface area contributed by atoms with Crippen molar-refractivity contribution in [1.29, 1.82) is 0 Å². The molecule has 0 bridgehead atoms. The molecule has 0 saturated heterocycles. The summed E-state index contributed by atoms with van der Waals surface area (Å²) in [5.41, 5.74) is 1.20. The van der Waals surface area contributed by atoms with Gasteiger partial charge in [0.15, 0.2) is 0 Å². The standard InChI is InChI=1S/C10H16O/c1-5-7-9(3)8-10(6-2)11-4/h5-8H,1-4H3/b7-5-,9-8-,10-6+. The molecule has 1 heteroatoms. The van der Waals surface area contributed by atoms with E-state index in [2.05, 4.69) is 0 Å². The van der Waals surface area contributed by atoms with Crippen LogP contribution in [-0.4, -0.2) is 7.11 Å². The number of rotatable bonds is 3. The Bertz CT molecular complexity index is 185. The van der Waals surface area contributed by atoms with Gasteiger partial charge in [0, 0.05) is 0 Å². The Hall–Kier alpha value is -0.980. The molecular formula is C10H16O. The monoisotopic (exact) mass is 152 g/mol. The molecule has 1 nitrogen and oxygen atoms in total. The first-order valence-electron chi connectivity index (χ1n) is 3.76. The smallest absolute Gasteiger partial charge is 0.114 e. The molecule has 0 aliphatic rings. The summed E-state index contributed by atoms with van der Waals surface area (Å²) in [6.45, 7) is 6.00. The zero-order chi connectivity index (χ0) is 8.69. The number of methoxy groups -OCH3 is 1. The van der Waals surface area contributed by atoms with Crippen molar-refractivity contribution in [3.8, 4) is 0 Å². The van der Waals surface area contributed by atoms with Gasteiger partial charge in [-0.2, -0.15) is 0 Å². The van der Waals surface area contributed by atoms with E-state index < -0.39 is 0 Å². The van der Waals surface area contributed by atoms with Gasteiger partial charge in [0.2, 0.25) is 0 Å². The lowest BCUT2D eigenvalue weighted by Gasteiger charge is -1.98. The predicted molar refractivity (Wildman–Crippen MR) is 49.3 cm³/mol. The molecule has 0 rings (SSSR count). The first-order chi connectivity index (χ1) is 5.24. The largest absolute Gasteiger partial charge is 0.497 e. The average Bonchev–Trinajstić information content (AvgIpc) is 2.01. The highest BCUT2D eigenvalue weighted by atomic mass is 16.5. The van der Waals surface area contributed by atoms with Crippen molar-refractivity contribution in [2.75, 3.05) is 7.11 Å². The van der Waals surface area contributed by atoms with Crippen molar-refractivity contribution in [3.63, 3.8) is 0 Å². The van der Waals surface area contributed by atoms with Crippen LogP contribution in [-0.2, 0) is 4.74 Å². The van der Waals surface area contributed by atoms with Crippen molar-refractivity contribution in [1.82, 2.24) is 0 Å². The van der Waals surface area contributed by atoms with Crippen LogP contribution in [0.4, 0.5) is 0 Å². The maximum atomic E-state index is 5.07. The van der Waals surface area contributed by atoms with E-state index in [1.165, 1.54) is 5.57 Å². The van der Waals surface area contributed by atoms with Gasteiger partial charge < -0.3 is 4.74 Å². The Kier molecular flexibility index (Phi) is 5.26. The van der Waals surface area contributed by atoms with Crippen molar-refractivity contribution in [2.24, 2.45) is 0 Å². The summed E-state index contributed by atoms with van der Waals surface area (Å²) >= 11 is 0. The number of hydrogen-bond donors (Lipinski definition) is 0. The highest BCUT2D eigenvalue weighted by Gasteiger charge is 1.87. The lowest BCUT2D eigenvalue weighted by Crippen LogP contribution is -1.81. The summed E-state index contributed by atoms with van der Waals surface area (Å²) in [5, 5.41) is 0. The Balaban J connectivity index is 4.27. The average molecular weight is 152 g/mol. The van der Waals surface area contributed by atoms with E-state index in [9.17, 15) is 0 Å². The van der Waals surface area contributed by atoms with Crippen LogP contribution in [0.1, 0.15) is 20.8 Å². The molecule has 0 aromatic carbocycles. The molecule has 0 aliphatic carbocycles. The molecule has 0 fully saturated rings. The molecule has 0 spiro atoms. The third-order valence-electron chi connectivity index (χ3n) is 1.32. The van der Waals surface area contributed by atoms with Crippen molar-refractivity contribution < 1.29 is 4.74 Å². The van der Waals surface area contributed by atoms with Crippen LogP contribution >= 0.6 is 0 Å². The zero-order valence-electron chi connectivity index (χ0n) is 7.72. The topological polar surface area (TPSA) is 9.23 Å². The SMILES string of the molecule is C\C=C/C(C)=C\C(=C/C)OC. The number of ether oxygens (including phenoxy) is 1. The molecule has 0 atom stereocenters. The highest BCUT2D eigenvalue weighted by molar-refractivity contribution is 5.24. The minimum atomic E-state index is 0.903. The Morgan fingerprint density at radius 2 is 1.91 bits per heavy atom. The second-order valence-electron chi connectivity index (χ2n) is 2.28. The van der Waals surface area contributed by atoms with E-state index in [0.717, 1.165) is 5.76 Å². The fraction of sp³-hybridized carbons (Fsp3) is 0.400. The Morgan fingerprint density at radius 3 is 2.27 bits per heavy atom. The Morgan fingerprint density at radius 1 is 1.27 bits per heavy atom. The van der Waals surface area contributed by atoms with Gasteiger partial charge in [0.05, 0.1) is 7.11 Å². The van der Waals surface area contributed by atoms with Gasteiger partial charge in [0.1, 0.15) is 5.76 Å². The van der Waals surface area contributed by atoms with Gasteiger partial charge in [-0.25, -0.2) is 0 Å². The number of allylic oxidation sites excluding steroid dienone is 5. The molecule has 0 aromatic heterocycles. The normalized spacial score (nSPS) is 14.2. The van der Waals surface area contributed by atoms with Gasteiger partial charge in [-0.3, -0.25) is 0 Å². The summed E-state index contributed by atoms with van der Waals surface area (Å²) in [5.74, 6) is 0.903. The van der Waals surface area contributed by atoms with Crippen molar-refractivity contribution in [2.45, 2.75) is 20.8 Å². The molecule has 62 valence electrons. The van der Waals surface area contributed by atoms with E-state index in [4.69, 9.17) is 4.74 Å². The second kappa shape index (κ2) is 5.78. The van der Waals surface area contributed by atoms with Crippen molar-refractivity contribution >= 4 is 0 Å². The third kappa shape index (κ3) is 4.43. The fourth-order valence-corrected chi connectivity index (χ4v) is 0.796. The van der Waals surface area contributed by atoms with E-state index in [0.29, 0.717) is 0 Å². The van der Waals surface area contributed by atoms with Gasteiger partial charge in [-0.05, 0) is 38.5 Å². The van der Waals surface area contributed by atoms with Crippen LogP contribution in [0.25, 0.3) is 0 Å². The highest BCUT2D eigenvalue weighted by Crippen LogP contribution is 2.03. The van der Waals surface area contributed by atoms with E-state index >= 15 is 0 Å². The van der Waals surface area contributed by atoms with E-state index in [1.54, 1.807) is 7.11 Å². The van der Waals surface area contributed by atoms with Gasteiger partial charge in [-0.1, -0.05) is 12.2 Å². The molecule has 0 aromatic rings. The number of hydrogen-bond acceptors (Lipinski definition) is 1. The predicted octanol–water partition coefficient (Wildman–Crippen LogP) is 3.06. The second-order valence-corrected chi connectivity index (χ2v) is 2.28. The molecule has 0 heterocycles. The summed E-state index contributed by atoms with van der Waals surface area (Å²) in [6, 6.07) is 0. The molecule has 0 aliphatic heterocycles. The molecule has 0 amide bonds. The summed E-state index contributed by atoms with van der Waals surface area (Å²) in [7, 11) is 1.68. The zero-order valence-corrected chi connectivity index (χ0v) is 7.72. The van der Waals surface area contributed by atoms with Crippen LogP contribution in [0.15, 0.2) is 35.6 Å². The summed E-state index contributed by atoms with van der Waals surface area (Å²) in [6.07, 6.45) is 7.99. The molecule has 0 unspecified atom stereocenters. The van der Waals surface area contributed by atoms with Gasteiger partial charge in [0.25, 0.3) is 0 Å². The van der Waals surface area contributed by atoms with Crippen molar-refractivity contribution in [3.05, 3.63) is 35.6 Å². The Labute approximate surface area is 69.1 Å². The van der Waals surface area contributed by atoms with Gasteiger partial charge in [-0.15, -0.1) is 0 Å². The third-order valence-corrected chi connectivity index (χ3v) is 1.32. The van der Waals surface area contributed by atoms with Gasteiger partial charge >= 0.3 is 0 Å². The minimum absolute atomic E-state index is 0.903. The fourth-order valence-electron chi connectivity index (χ4n) is 0.796. The maximum absolute atomic E-state index is 5.07. The maximum Gasteiger partial charge on any atom is 0.114 e. The van der Waals surface area contributed by atoms with Crippen LogP contribution in [0, 0.1) is 0 Å². The molecule has 11 heavy (non-hydrogen) atoms. The van der Waals surface area contributed by atoms with Crippen LogP contribution in [0.3, 0.4) is 0 Å². The molecule has 0 saturated carbocycles. The van der Waals surface area contributed by atoms with E-state index in [-0.39, 0.29) is 0 Å². The summed E-state index contributed by atoms with van der Waals surface area (Å²) in [4.78, 5) is 0. The quantitative estimate of drug-likeness (QED) is 0.446. The first kappa shape index (κ1) is 10.0. The van der Waals surface area contributed by atoms with Crippen LogP contribution < -0.4 is 0 Å². The van der Waals surface area contributed by atoms with E-state index in [1.807, 2.05) is 45.1 Å². The van der Waals surface area contributed by atoms with Crippen LogP contribution in [0.5, 0.6) is 0 Å². The lowest BCUT2D eigenvalue weighted by molar-refractivity contribution is 0.306. The lowest BCUT2D eigenvalue weighted by atomic mass is 10.2. The molecule has 0 N–H and O–H groups in total. The summed E-state index contributed by atoms with van der Waals surface area (Å²) < 4.78 is 5.07. The first-order valence-corrected chi connectivity index (χ1v) is 3.76. The molecular weight excluding hydrogens is 136 g/mol. The van der Waals surface area contributed by atoms with Crippen LogP contribution in [0.2, 0.25) is 0 Å². The minimum Gasteiger partial charge on any atom is -0.497 e.